The monoisotopic (exact) mass is 358 g/mol. The van der Waals surface area contributed by atoms with Crippen molar-refractivity contribution in [3.8, 4) is 0 Å². The maximum atomic E-state index is 14.6. The second kappa shape index (κ2) is 6.62. The average molecular weight is 359 g/mol. The zero-order valence-corrected chi connectivity index (χ0v) is 13.8. The molecule has 0 bridgehead atoms. The van der Waals surface area contributed by atoms with E-state index in [1.807, 2.05) is 19.0 Å². The fourth-order valence-corrected chi connectivity index (χ4v) is 3.17. The quantitative estimate of drug-likeness (QED) is 0.376. The van der Waals surface area contributed by atoms with E-state index in [2.05, 4.69) is 26.0 Å². The summed E-state index contributed by atoms with van der Waals surface area (Å²) < 4.78 is 14.8. The SMILES string of the molecule is CN(C)C1CCCN(c2ccc(/C(N)=N/O)c(Br)c2F)C1. The molecule has 0 saturated carbocycles. The van der Waals surface area contributed by atoms with Gasteiger partial charge >= 0.3 is 0 Å². The zero-order valence-electron chi connectivity index (χ0n) is 12.2. The molecule has 5 nitrogen and oxygen atoms in total. The molecular formula is C14H20BrFN4O. The van der Waals surface area contributed by atoms with E-state index >= 15 is 0 Å². The Bertz CT molecular complexity index is 550. The number of piperidine rings is 1. The van der Waals surface area contributed by atoms with Gasteiger partial charge < -0.3 is 20.7 Å². The van der Waals surface area contributed by atoms with Gasteiger partial charge in [-0.3, -0.25) is 0 Å². The first-order chi connectivity index (χ1) is 9.95. The van der Waals surface area contributed by atoms with E-state index in [1.54, 1.807) is 12.1 Å². The van der Waals surface area contributed by atoms with E-state index in [4.69, 9.17) is 10.9 Å². The Morgan fingerprint density at radius 3 is 2.86 bits per heavy atom. The molecule has 1 aromatic rings. The average Bonchev–Trinajstić information content (AvgIpc) is 2.49. The van der Waals surface area contributed by atoms with Crippen LogP contribution < -0.4 is 10.6 Å². The number of hydrogen-bond acceptors (Lipinski definition) is 4. The van der Waals surface area contributed by atoms with E-state index in [0.29, 0.717) is 17.3 Å². The van der Waals surface area contributed by atoms with Crippen LogP contribution in [0.3, 0.4) is 0 Å². The lowest BCUT2D eigenvalue weighted by molar-refractivity contribution is 0.257. The van der Waals surface area contributed by atoms with Crippen molar-refractivity contribution in [2.75, 3.05) is 32.1 Å². The number of oxime groups is 1. The molecular weight excluding hydrogens is 339 g/mol. The number of rotatable bonds is 3. The maximum Gasteiger partial charge on any atom is 0.171 e. The highest BCUT2D eigenvalue weighted by molar-refractivity contribution is 9.10. The van der Waals surface area contributed by atoms with Crippen LogP contribution in [0.25, 0.3) is 0 Å². The fraction of sp³-hybridized carbons (Fsp3) is 0.500. The predicted molar refractivity (Wildman–Crippen MR) is 85.5 cm³/mol. The molecule has 0 aliphatic carbocycles. The topological polar surface area (TPSA) is 65.1 Å². The Kier molecular flexibility index (Phi) is 5.05. The van der Waals surface area contributed by atoms with Crippen molar-refractivity contribution >= 4 is 27.5 Å². The van der Waals surface area contributed by atoms with Gasteiger partial charge in [-0.2, -0.15) is 0 Å². The molecule has 0 radical (unpaired) electrons. The molecule has 2 rings (SSSR count). The Labute approximate surface area is 132 Å². The summed E-state index contributed by atoms with van der Waals surface area (Å²) in [7, 11) is 4.09. The minimum atomic E-state index is -0.376. The summed E-state index contributed by atoms with van der Waals surface area (Å²) in [5, 5.41) is 11.6. The van der Waals surface area contributed by atoms with Crippen LogP contribution in [0.5, 0.6) is 0 Å². The molecule has 1 aromatic carbocycles. The summed E-state index contributed by atoms with van der Waals surface area (Å²) in [6.07, 6.45) is 2.15. The van der Waals surface area contributed by atoms with Gasteiger partial charge in [0.2, 0.25) is 0 Å². The second-order valence-corrected chi connectivity index (χ2v) is 6.24. The van der Waals surface area contributed by atoms with Gasteiger partial charge in [-0.1, -0.05) is 5.16 Å². The third-order valence-electron chi connectivity index (χ3n) is 3.91. The first-order valence-corrected chi connectivity index (χ1v) is 7.62. The Hall–Kier alpha value is -1.34. The van der Waals surface area contributed by atoms with Crippen LogP contribution in [-0.2, 0) is 0 Å². The Balaban J connectivity index is 2.31. The van der Waals surface area contributed by atoms with Crippen LogP contribution >= 0.6 is 15.9 Å². The smallest absolute Gasteiger partial charge is 0.171 e. The zero-order chi connectivity index (χ0) is 15.6. The second-order valence-electron chi connectivity index (χ2n) is 5.45. The minimum absolute atomic E-state index is 0.114. The summed E-state index contributed by atoms with van der Waals surface area (Å²) in [5.74, 6) is -0.490. The van der Waals surface area contributed by atoms with Crippen molar-refractivity contribution in [1.82, 2.24) is 4.90 Å². The van der Waals surface area contributed by atoms with Crippen molar-refractivity contribution in [1.29, 1.82) is 0 Å². The molecule has 1 saturated heterocycles. The van der Waals surface area contributed by atoms with E-state index < -0.39 is 0 Å². The molecule has 0 spiro atoms. The third kappa shape index (κ3) is 3.29. The molecule has 1 heterocycles. The summed E-state index contributed by atoms with van der Waals surface area (Å²) in [5.41, 5.74) is 6.43. The van der Waals surface area contributed by atoms with Crippen molar-refractivity contribution in [2.24, 2.45) is 10.9 Å². The number of likely N-dealkylation sites (N-methyl/N-ethyl adjacent to an activating group) is 1. The first-order valence-electron chi connectivity index (χ1n) is 6.83. The van der Waals surface area contributed by atoms with Crippen molar-refractivity contribution in [3.05, 3.63) is 28.0 Å². The summed E-state index contributed by atoms with van der Waals surface area (Å²) in [4.78, 5) is 4.22. The van der Waals surface area contributed by atoms with Gasteiger partial charge in [-0.25, -0.2) is 4.39 Å². The van der Waals surface area contributed by atoms with E-state index in [9.17, 15) is 4.39 Å². The van der Waals surface area contributed by atoms with Gasteiger partial charge in [0.05, 0.1) is 10.2 Å². The number of benzene rings is 1. The van der Waals surface area contributed by atoms with Gasteiger partial charge in [0, 0.05) is 24.7 Å². The van der Waals surface area contributed by atoms with Crippen molar-refractivity contribution < 1.29 is 9.60 Å². The molecule has 1 unspecified atom stereocenters. The maximum absolute atomic E-state index is 14.6. The van der Waals surface area contributed by atoms with Crippen molar-refractivity contribution in [2.45, 2.75) is 18.9 Å². The minimum Gasteiger partial charge on any atom is -0.409 e. The summed E-state index contributed by atoms with van der Waals surface area (Å²) in [6.45, 7) is 1.62. The molecule has 1 aliphatic rings. The van der Waals surface area contributed by atoms with Crippen LogP contribution in [0.2, 0.25) is 0 Å². The van der Waals surface area contributed by atoms with Gasteiger partial charge in [0.25, 0.3) is 0 Å². The van der Waals surface area contributed by atoms with Crippen LogP contribution in [0, 0.1) is 5.82 Å². The lowest BCUT2D eigenvalue weighted by atomic mass is 10.0. The van der Waals surface area contributed by atoms with E-state index in [0.717, 1.165) is 25.9 Å². The van der Waals surface area contributed by atoms with Crippen LogP contribution in [0.1, 0.15) is 18.4 Å². The van der Waals surface area contributed by atoms with Gasteiger partial charge in [0.1, 0.15) is 0 Å². The molecule has 3 N–H and O–H groups in total. The predicted octanol–water partition coefficient (Wildman–Crippen LogP) is 2.21. The lowest BCUT2D eigenvalue weighted by Crippen LogP contribution is -2.45. The summed E-state index contributed by atoms with van der Waals surface area (Å²) in [6, 6.07) is 3.77. The molecule has 21 heavy (non-hydrogen) atoms. The number of halogens is 2. The number of nitrogens with two attached hydrogens (primary N) is 1. The Morgan fingerprint density at radius 1 is 1.52 bits per heavy atom. The molecule has 0 amide bonds. The van der Waals surface area contributed by atoms with Crippen LogP contribution in [0.4, 0.5) is 10.1 Å². The number of anilines is 1. The third-order valence-corrected chi connectivity index (χ3v) is 4.69. The van der Waals surface area contributed by atoms with Crippen molar-refractivity contribution in [3.63, 3.8) is 0 Å². The van der Waals surface area contributed by atoms with Gasteiger partial charge in [-0.15, -0.1) is 0 Å². The fourth-order valence-electron chi connectivity index (χ4n) is 2.63. The number of nitrogens with zero attached hydrogens (tertiary/aromatic N) is 3. The first kappa shape index (κ1) is 16.0. The Morgan fingerprint density at radius 2 is 2.24 bits per heavy atom. The lowest BCUT2D eigenvalue weighted by Gasteiger charge is -2.37. The van der Waals surface area contributed by atoms with E-state index in [1.165, 1.54) is 0 Å². The standard InChI is InChI=1S/C14H20BrFN4O/c1-19(2)9-4-3-7-20(8-9)11-6-5-10(14(17)18-21)12(15)13(11)16/h5-6,9,21H,3-4,7-8H2,1-2H3,(H2,17,18). The highest BCUT2D eigenvalue weighted by Crippen LogP contribution is 2.31. The molecule has 7 heteroatoms. The molecule has 1 fully saturated rings. The molecule has 1 atom stereocenters. The molecule has 1 aliphatic heterocycles. The van der Waals surface area contributed by atoms with E-state index in [-0.39, 0.29) is 16.1 Å². The highest BCUT2D eigenvalue weighted by Gasteiger charge is 2.25. The number of hydrogen-bond donors (Lipinski definition) is 2. The van der Waals surface area contributed by atoms with Gasteiger partial charge in [-0.05, 0) is 55.0 Å². The van der Waals surface area contributed by atoms with Gasteiger partial charge in [0.15, 0.2) is 11.7 Å². The number of amidine groups is 1. The summed E-state index contributed by atoms with van der Waals surface area (Å²) >= 11 is 3.20. The van der Waals surface area contributed by atoms with Crippen LogP contribution in [0.15, 0.2) is 21.8 Å². The molecule has 0 aromatic heterocycles. The normalized spacial score (nSPS) is 20.1. The molecule has 116 valence electrons. The highest BCUT2D eigenvalue weighted by atomic mass is 79.9. The largest absolute Gasteiger partial charge is 0.409 e. The van der Waals surface area contributed by atoms with Crippen LogP contribution in [-0.4, -0.2) is 49.2 Å².